The first-order valence-electron chi connectivity index (χ1n) is 3.93. The Bertz CT molecular complexity index is 86.6. The van der Waals surface area contributed by atoms with E-state index in [2.05, 4.69) is 20.8 Å². The summed E-state index contributed by atoms with van der Waals surface area (Å²) in [4.78, 5) is 0. The summed E-state index contributed by atoms with van der Waals surface area (Å²) < 4.78 is 9.80. The summed E-state index contributed by atoms with van der Waals surface area (Å²) in [5.41, 5.74) is 0. The molecule has 0 aromatic carbocycles. The molecule has 1 radical (unpaired) electrons. The molecule has 2 nitrogen and oxygen atoms in total. The van der Waals surface area contributed by atoms with Crippen molar-refractivity contribution in [2.45, 2.75) is 20.3 Å². The van der Waals surface area contributed by atoms with Gasteiger partial charge < -0.3 is 16.4 Å². The van der Waals surface area contributed by atoms with Crippen LogP contribution in [-0.4, -0.2) is 13.9 Å². The Hall–Kier alpha value is 1.02. The smallest absolute Gasteiger partial charge is 0.116 e. The van der Waals surface area contributed by atoms with E-state index in [-0.39, 0.29) is 32.7 Å². The summed E-state index contributed by atoms with van der Waals surface area (Å²) >= 11 is 0. The second-order valence-corrected chi connectivity index (χ2v) is 3.03. The molecule has 0 N–H and O–H groups in total. The van der Waals surface area contributed by atoms with Gasteiger partial charge in [0.25, 0.3) is 0 Å². The number of ether oxygens (including phenoxy) is 2. The van der Waals surface area contributed by atoms with Crippen molar-refractivity contribution in [3.8, 4) is 0 Å². The van der Waals surface area contributed by atoms with Gasteiger partial charge in [0.15, 0.2) is 0 Å². The van der Waals surface area contributed by atoms with Crippen LogP contribution in [0.2, 0.25) is 0 Å². The molecular formula is C9H18O2Y-2. The molecule has 0 fully saturated rings. The van der Waals surface area contributed by atoms with Crippen LogP contribution in [0.4, 0.5) is 0 Å². The van der Waals surface area contributed by atoms with E-state index in [1.54, 1.807) is 7.11 Å². The summed E-state index contributed by atoms with van der Waals surface area (Å²) in [6, 6.07) is 0. The van der Waals surface area contributed by atoms with Crippen molar-refractivity contribution >= 4 is 0 Å². The number of methoxy groups -OCH3 is 1. The van der Waals surface area contributed by atoms with E-state index in [0.29, 0.717) is 18.6 Å². The zero-order chi connectivity index (χ0) is 8.69. The Kier molecular flexibility index (Phi) is 13.0. The van der Waals surface area contributed by atoms with Crippen molar-refractivity contribution in [3.05, 3.63) is 13.5 Å². The average Bonchev–Trinajstić information content (AvgIpc) is 1.86. The Morgan fingerprint density at radius 1 is 1.42 bits per heavy atom. The SMILES string of the molecule is [CH2-]C(C)CC(C)[CH-]OCOC.[Y]. The molecular weight excluding hydrogens is 229 g/mol. The molecule has 2 atom stereocenters. The van der Waals surface area contributed by atoms with Crippen LogP contribution in [0.3, 0.4) is 0 Å². The third-order valence-electron chi connectivity index (χ3n) is 1.29. The van der Waals surface area contributed by atoms with Crippen LogP contribution < -0.4 is 0 Å². The summed E-state index contributed by atoms with van der Waals surface area (Å²) in [5, 5.41) is 0. The molecule has 0 heterocycles. The molecule has 0 bridgehead atoms. The van der Waals surface area contributed by atoms with E-state index in [9.17, 15) is 0 Å². The van der Waals surface area contributed by atoms with Crippen molar-refractivity contribution in [2.75, 3.05) is 13.9 Å². The maximum absolute atomic E-state index is 5.07. The zero-order valence-corrected chi connectivity index (χ0v) is 11.1. The molecule has 0 amide bonds. The number of rotatable bonds is 6. The van der Waals surface area contributed by atoms with Crippen molar-refractivity contribution in [3.63, 3.8) is 0 Å². The maximum Gasteiger partial charge on any atom is 0.116 e. The van der Waals surface area contributed by atoms with Gasteiger partial charge in [-0.05, 0) is 0 Å². The Morgan fingerprint density at radius 2 is 2.00 bits per heavy atom. The summed E-state index contributed by atoms with van der Waals surface area (Å²) in [5.74, 6) is 0.935. The molecule has 0 aromatic heterocycles. The second kappa shape index (κ2) is 10.1. The van der Waals surface area contributed by atoms with E-state index < -0.39 is 0 Å². The first kappa shape index (κ1) is 15.5. The molecule has 71 valence electrons. The van der Waals surface area contributed by atoms with Gasteiger partial charge in [-0.25, -0.2) is 6.61 Å². The molecule has 0 aliphatic carbocycles. The fourth-order valence-corrected chi connectivity index (χ4v) is 0.962. The van der Waals surface area contributed by atoms with Gasteiger partial charge in [-0.3, -0.25) is 0 Å². The normalized spacial score (nSPS) is 15.0. The fraction of sp³-hybridized carbons (Fsp3) is 0.778. The van der Waals surface area contributed by atoms with Crippen LogP contribution in [0, 0.1) is 25.4 Å². The maximum atomic E-state index is 5.07. The number of hydrogen-bond acceptors (Lipinski definition) is 2. The monoisotopic (exact) mass is 247 g/mol. The van der Waals surface area contributed by atoms with E-state index in [0.717, 1.165) is 6.42 Å². The minimum Gasteiger partial charge on any atom is -0.532 e. The van der Waals surface area contributed by atoms with E-state index in [1.807, 2.05) is 6.61 Å². The average molecular weight is 247 g/mol. The minimum atomic E-state index is 0. The van der Waals surface area contributed by atoms with Crippen molar-refractivity contribution in [1.29, 1.82) is 0 Å². The summed E-state index contributed by atoms with van der Waals surface area (Å²) in [6.45, 7) is 10.3. The quantitative estimate of drug-likeness (QED) is 0.407. The van der Waals surface area contributed by atoms with Crippen LogP contribution in [0.25, 0.3) is 0 Å². The van der Waals surface area contributed by atoms with Crippen LogP contribution in [0.1, 0.15) is 20.3 Å². The summed E-state index contributed by atoms with van der Waals surface area (Å²) in [6.07, 6.45) is 1.06. The van der Waals surface area contributed by atoms with Crippen LogP contribution in [-0.2, 0) is 42.2 Å². The van der Waals surface area contributed by atoms with Gasteiger partial charge in [-0.15, -0.1) is 12.3 Å². The van der Waals surface area contributed by atoms with E-state index in [1.165, 1.54) is 0 Å². The second-order valence-electron chi connectivity index (χ2n) is 3.03. The molecule has 0 aromatic rings. The van der Waals surface area contributed by atoms with Crippen LogP contribution in [0.5, 0.6) is 0 Å². The fourth-order valence-electron chi connectivity index (χ4n) is 0.962. The third-order valence-corrected chi connectivity index (χ3v) is 1.29. The Balaban J connectivity index is 0. The topological polar surface area (TPSA) is 18.5 Å². The molecule has 0 saturated heterocycles. The predicted octanol–water partition coefficient (Wildman–Crippen LogP) is 2.26. The first-order chi connectivity index (χ1) is 5.16. The first-order valence-corrected chi connectivity index (χ1v) is 3.93. The zero-order valence-electron chi connectivity index (χ0n) is 8.25. The van der Waals surface area contributed by atoms with E-state index >= 15 is 0 Å². The van der Waals surface area contributed by atoms with Gasteiger partial charge in [0.2, 0.25) is 0 Å². The van der Waals surface area contributed by atoms with Crippen molar-refractivity contribution in [2.24, 2.45) is 11.8 Å². The van der Waals surface area contributed by atoms with Gasteiger partial charge in [0.1, 0.15) is 6.79 Å². The van der Waals surface area contributed by atoms with Crippen LogP contribution in [0.15, 0.2) is 0 Å². The predicted molar refractivity (Wildman–Crippen MR) is 45.6 cm³/mol. The van der Waals surface area contributed by atoms with Crippen molar-refractivity contribution in [1.82, 2.24) is 0 Å². The Labute approximate surface area is 101 Å². The standard InChI is InChI=1S/C9H18O2.Y/c1-8(2)5-9(3)6-11-7-10-4;/h6,8-9H,1,5,7H2,2-4H3;/q-2;. The van der Waals surface area contributed by atoms with Gasteiger partial charge in [-0.2, -0.15) is 5.92 Å². The van der Waals surface area contributed by atoms with Gasteiger partial charge in [-0.1, -0.05) is 13.8 Å². The third kappa shape index (κ3) is 11.0. The van der Waals surface area contributed by atoms with Crippen LogP contribution >= 0.6 is 0 Å². The van der Waals surface area contributed by atoms with Gasteiger partial charge in [0.05, 0.1) is 0 Å². The molecule has 3 heteroatoms. The van der Waals surface area contributed by atoms with Crippen molar-refractivity contribution < 1.29 is 42.2 Å². The minimum absolute atomic E-state index is 0. The van der Waals surface area contributed by atoms with Gasteiger partial charge >= 0.3 is 0 Å². The molecule has 0 rings (SSSR count). The van der Waals surface area contributed by atoms with Gasteiger partial charge in [0, 0.05) is 39.8 Å². The Morgan fingerprint density at radius 3 is 2.42 bits per heavy atom. The molecule has 0 saturated carbocycles. The summed E-state index contributed by atoms with van der Waals surface area (Å²) in [7, 11) is 1.61. The van der Waals surface area contributed by atoms with E-state index in [4.69, 9.17) is 9.47 Å². The molecule has 12 heavy (non-hydrogen) atoms. The molecule has 0 aliphatic heterocycles. The number of hydrogen-bond donors (Lipinski definition) is 0. The largest absolute Gasteiger partial charge is 0.532 e. The molecule has 0 aliphatic rings. The molecule has 2 unspecified atom stereocenters. The molecule has 0 spiro atoms.